The van der Waals surface area contributed by atoms with Crippen LogP contribution in [0.15, 0.2) is 48.5 Å². The summed E-state index contributed by atoms with van der Waals surface area (Å²) < 4.78 is 16.9. The molecule has 228 valence electrons. The van der Waals surface area contributed by atoms with Gasteiger partial charge < -0.3 is 65.3 Å². The molecule has 5 rings (SSSR count). The van der Waals surface area contributed by atoms with Gasteiger partial charge in [-0.3, -0.25) is 0 Å². The zero-order chi connectivity index (χ0) is 32.0. The Morgan fingerprint density at radius 1 is 0.659 bits per heavy atom. The normalized spacial score (nSPS) is 15.5. The van der Waals surface area contributed by atoms with Crippen molar-refractivity contribution < 1.29 is 74.9 Å². The van der Waals surface area contributed by atoms with Crippen molar-refractivity contribution in [2.45, 2.75) is 18.6 Å². The molecule has 0 spiro atoms. The molecule has 4 aromatic rings. The van der Waals surface area contributed by atoms with E-state index in [0.717, 1.165) is 48.5 Å². The molecular weight excluding hydrogens is 588 g/mol. The molecule has 10 N–H and O–H groups in total. The lowest BCUT2D eigenvalue weighted by atomic mass is 9.93. The number of benzene rings is 4. The summed E-state index contributed by atoms with van der Waals surface area (Å²) in [5.74, 6) is -10.9. The van der Waals surface area contributed by atoms with Crippen molar-refractivity contribution in [3.63, 3.8) is 0 Å². The molecular formula is C29H22O15. The van der Waals surface area contributed by atoms with Crippen LogP contribution in [0.1, 0.15) is 37.9 Å². The minimum Gasteiger partial charge on any atom is -0.508 e. The predicted octanol–water partition coefficient (Wildman–Crippen LogP) is 2.86. The highest BCUT2D eigenvalue weighted by molar-refractivity contribution is 5.94. The monoisotopic (exact) mass is 610 g/mol. The largest absolute Gasteiger partial charge is 0.508 e. The Morgan fingerprint density at radius 3 is 1.86 bits per heavy atom. The first kappa shape index (κ1) is 29.1. The van der Waals surface area contributed by atoms with Crippen LogP contribution in [0.5, 0.6) is 69.0 Å². The first-order valence-electron chi connectivity index (χ1n) is 12.4. The van der Waals surface area contributed by atoms with Crippen LogP contribution in [0.3, 0.4) is 0 Å². The van der Waals surface area contributed by atoms with Gasteiger partial charge in [-0.2, -0.15) is 0 Å². The molecule has 0 radical (unpaired) electrons. The van der Waals surface area contributed by atoms with Crippen molar-refractivity contribution >= 4 is 11.9 Å². The molecule has 0 aliphatic carbocycles. The quantitative estimate of drug-likeness (QED) is 0.0884. The number of esters is 2. The highest BCUT2D eigenvalue weighted by Crippen LogP contribution is 2.47. The molecule has 0 unspecified atom stereocenters. The third-order valence-electron chi connectivity index (χ3n) is 6.69. The number of phenolic OH excluding ortho intramolecular Hbond substituents is 10. The Kier molecular flexibility index (Phi) is 7.14. The van der Waals surface area contributed by atoms with Crippen LogP contribution in [0.25, 0.3) is 0 Å². The van der Waals surface area contributed by atoms with Gasteiger partial charge in [0.15, 0.2) is 52.1 Å². The average Bonchev–Trinajstić information content (AvgIpc) is 2.96. The summed E-state index contributed by atoms with van der Waals surface area (Å²) in [6.07, 6.45) is -3.11. The zero-order valence-electron chi connectivity index (χ0n) is 22.0. The van der Waals surface area contributed by atoms with Crippen molar-refractivity contribution in [3.05, 3.63) is 70.8 Å². The molecule has 0 aromatic heterocycles. The van der Waals surface area contributed by atoms with Crippen LogP contribution in [-0.2, 0) is 11.2 Å². The van der Waals surface area contributed by atoms with Gasteiger partial charge in [0, 0.05) is 29.7 Å². The number of hydrogen-bond acceptors (Lipinski definition) is 15. The molecule has 0 saturated heterocycles. The lowest BCUT2D eigenvalue weighted by molar-refractivity contribution is -0.0191. The molecule has 0 saturated carbocycles. The van der Waals surface area contributed by atoms with Gasteiger partial charge in [-0.15, -0.1) is 0 Å². The number of fused-ring (bicyclic) bond motifs is 1. The van der Waals surface area contributed by atoms with Crippen molar-refractivity contribution in [2.24, 2.45) is 0 Å². The maximum Gasteiger partial charge on any atom is 0.343 e. The zero-order valence-corrected chi connectivity index (χ0v) is 22.0. The van der Waals surface area contributed by atoms with E-state index in [1.165, 1.54) is 0 Å². The van der Waals surface area contributed by atoms with Gasteiger partial charge >= 0.3 is 11.9 Å². The molecule has 4 aromatic carbocycles. The van der Waals surface area contributed by atoms with Crippen molar-refractivity contribution in [1.82, 2.24) is 0 Å². The SMILES string of the molecule is O=C(Oc1cc(O)cc2c1C[C@H](OC(=O)c1ccc(O)c(O)c1O)[C@@H](c1cc(O)c(O)c(O)c1)O2)c1cc(O)c(O)c(O)c1. The van der Waals surface area contributed by atoms with Gasteiger partial charge in [0.25, 0.3) is 0 Å². The first-order valence-corrected chi connectivity index (χ1v) is 12.4. The predicted molar refractivity (Wildman–Crippen MR) is 144 cm³/mol. The smallest absolute Gasteiger partial charge is 0.343 e. The standard InChI is InChI=1S/C29H22O15/c30-12-7-20-14(21(8-12)43-28(40)11-5-18(34)25(38)19(35)6-11)9-22(27(42-20)10-3-16(32)24(37)17(33)4-10)44-29(41)13-1-2-15(31)26(39)23(13)36/h1-8,22,27,30-39H,9H2/t22-,27+/m0/s1. The summed E-state index contributed by atoms with van der Waals surface area (Å²) >= 11 is 0. The van der Waals surface area contributed by atoms with Crippen molar-refractivity contribution in [1.29, 1.82) is 0 Å². The third-order valence-corrected chi connectivity index (χ3v) is 6.69. The summed E-state index contributed by atoms with van der Waals surface area (Å²) in [6.45, 7) is 0. The second-order valence-electron chi connectivity index (χ2n) is 9.60. The number of carbonyl (C=O) groups excluding carboxylic acids is 2. The third kappa shape index (κ3) is 5.20. The molecule has 1 heterocycles. The number of rotatable bonds is 5. The Labute approximate surface area is 245 Å². The van der Waals surface area contributed by atoms with Gasteiger partial charge in [0.05, 0.1) is 5.56 Å². The van der Waals surface area contributed by atoms with Crippen molar-refractivity contribution in [2.75, 3.05) is 0 Å². The van der Waals surface area contributed by atoms with Crippen LogP contribution in [-0.4, -0.2) is 69.1 Å². The van der Waals surface area contributed by atoms with E-state index >= 15 is 0 Å². The molecule has 15 nitrogen and oxygen atoms in total. The Hall–Kier alpha value is -6.38. The molecule has 2 atom stereocenters. The molecule has 15 heteroatoms. The van der Waals surface area contributed by atoms with E-state index in [0.29, 0.717) is 0 Å². The Bertz CT molecular complexity index is 1780. The lowest BCUT2D eigenvalue weighted by Crippen LogP contribution is -2.35. The number of carbonyl (C=O) groups is 2. The van der Waals surface area contributed by atoms with Gasteiger partial charge in [0.1, 0.15) is 28.9 Å². The summed E-state index contributed by atoms with van der Waals surface area (Å²) in [5, 5.41) is 99.1. The fourth-order valence-corrected chi connectivity index (χ4v) is 4.52. The van der Waals surface area contributed by atoms with E-state index in [9.17, 15) is 60.7 Å². The summed E-state index contributed by atoms with van der Waals surface area (Å²) in [5.41, 5.74) is -0.950. The van der Waals surface area contributed by atoms with E-state index in [-0.39, 0.29) is 29.0 Å². The highest BCUT2D eigenvalue weighted by Gasteiger charge is 2.38. The van der Waals surface area contributed by atoms with Crippen LogP contribution in [0.4, 0.5) is 0 Å². The van der Waals surface area contributed by atoms with E-state index in [1.54, 1.807) is 0 Å². The average molecular weight is 610 g/mol. The van der Waals surface area contributed by atoms with E-state index < -0.39 is 92.8 Å². The van der Waals surface area contributed by atoms with Gasteiger partial charge in [-0.1, -0.05) is 0 Å². The van der Waals surface area contributed by atoms with Crippen LogP contribution >= 0.6 is 0 Å². The van der Waals surface area contributed by atoms with Gasteiger partial charge in [-0.05, 0) is 36.4 Å². The van der Waals surface area contributed by atoms with Gasteiger partial charge in [-0.25, -0.2) is 9.59 Å². The Morgan fingerprint density at radius 2 is 1.25 bits per heavy atom. The fourth-order valence-electron chi connectivity index (χ4n) is 4.52. The van der Waals surface area contributed by atoms with Gasteiger partial charge in [0.2, 0.25) is 5.75 Å². The summed E-state index contributed by atoms with van der Waals surface area (Å²) in [4.78, 5) is 26.0. The topological polar surface area (TPSA) is 264 Å². The van der Waals surface area contributed by atoms with E-state index in [2.05, 4.69) is 0 Å². The fraction of sp³-hybridized carbons (Fsp3) is 0.103. The summed E-state index contributed by atoms with van der Waals surface area (Å²) in [6, 6.07) is 7.66. The second kappa shape index (κ2) is 10.8. The molecule has 1 aliphatic rings. The minimum absolute atomic E-state index is 0.0315. The maximum absolute atomic E-state index is 13.1. The van der Waals surface area contributed by atoms with E-state index in [4.69, 9.17) is 14.2 Å². The molecule has 0 amide bonds. The van der Waals surface area contributed by atoms with Crippen LogP contribution in [0.2, 0.25) is 0 Å². The second-order valence-corrected chi connectivity index (χ2v) is 9.60. The van der Waals surface area contributed by atoms with Crippen molar-refractivity contribution in [3.8, 4) is 69.0 Å². The number of ether oxygens (including phenoxy) is 3. The minimum atomic E-state index is -1.41. The number of aromatic hydroxyl groups is 10. The van der Waals surface area contributed by atoms with E-state index in [1.807, 2.05) is 0 Å². The Balaban J connectivity index is 1.56. The lowest BCUT2D eigenvalue weighted by Gasteiger charge is -2.34. The number of phenols is 10. The molecule has 0 fully saturated rings. The first-order chi connectivity index (χ1) is 20.7. The van der Waals surface area contributed by atoms with Crippen LogP contribution < -0.4 is 9.47 Å². The van der Waals surface area contributed by atoms with Crippen LogP contribution in [0, 0.1) is 0 Å². The number of hydrogen-bond donors (Lipinski definition) is 10. The molecule has 1 aliphatic heterocycles. The summed E-state index contributed by atoms with van der Waals surface area (Å²) in [7, 11) is 0. The molecule has 44 heavy (non-hydrogen) atoms. The maximum atomic E-state index is 13.1. The highest BCUT2D eigenvalue weighted by atomic mass is 16.6. The molecule has 0 bridgehead atoms.